The second-order valence-corrected chi connectivity index (χ2v) is 7.48. The van der Waals surface area contributed by atoms with Gasteiger partial charge in [-0.05, 0) is 38.6 Å². The van der Waals surface area contributed by atoms with Crippen LogP contribution in [0.1, 0.15) is 37.0 Å². The average molecular weight is 377 g/mol. The average Bonchev–Trinajstić information content (AvgIpc) is 2.53. The lowest BCUT2D eigenvalue weighted by atomic mass is 10.2. The van der Waals surface area contributed by atoms with Crippen LogP contribution in [0.25, 0.3) is 0 Å². The number of nitrogens with one attached hydrogen (secondary N) is 2. The fourth-order valence-corrected chi connectivity index (χ4v) is 2.93. The molecule has 0 unspecified atom stereocenters. The van der Waals surface area contributed by atoms with E-state index >= 15 is 0 Å². The molecule has 2 N–H and O–H groups in total. The molecule has 0 fully saturated rings. The van der Waals surface area contributed by atoms with Gasteiger partial charge in [0.05, 0.1) is 15.5 Å². The summed E-state index contributed by atoms with van der Waals surface area (Å²) in [4.78, 5) is 23.6. The second kappa shape index (κ2) is 9.00. The van der Waals surface area contributed by atoms with Crippen molar-refractivity contribution in [2.24, 2.45) is 0 Å². The first-order valence-electron chi connectivity index (χ1n) is 7.40. The molecule has 0 radical (unpaired) electrons. The summed E-state index contributed by atoms with van der Waals surface area (Å²) >= 11 is 5.91. The van der Waals surface area contributed by atoms with E-state index in [2.05, 4.69) is 10.0 Å². The van der Waals surface area contributed by atoms with Gasteiger partial charge in [0.2, 0.25) is 10.0 Å². The van der Waals surface area contributed by atoms with Crippen LogP contribution in [-0.2, 0) is 19.6 Å². The van der Waals surface area contributed by atoms with E-state index in [9.17, 15) is 18.0 Å². The molecule has 0 aliphatic carbocycles. The normalized spacial score (nSPS) is 12.5. The maximum absolute atomic E-state index is 12.0. The van der Waals surface area contributed by atoms with Crippen molar-refractivity contribution in [3.8, 4) is 0 Å². The van der Waals surface area contributed by atoms with Crippen LogP contribution < -0.4 is 10.0 Å². The van der Waals surface area contributed by atoms with Crippen molar-refractivity contribution in [2.75, 3.05) is 13.7 Å². The number of carbonyl (C=O) groups excluding carboxylic acids is 2. The fraction of sp³-hybridized carbons (Fsp3) is 0.467. The number of sulfonamides is 1. The van der Waals surface area contributed by atoms with Gasteiger partial charge in [-0.25, -0.2) is 17.9 Å². The molecule has 0 heterocycles. The topological polar surface area (TPSA) is 102 Å². The van der Waals surface area contributed by atoms with Crippen LogP contribution in [-0.4, -0.2) is 40.0 Å². The summed E-state index contributed by atoms with van der Waals surface area (Å²) in [6, 6.07) is 3.64. The molecule has 0 spiro atoms. The predicted molar refractivity (Wildman–Crippen MR) is 90.5 cm³/mol. The Morgan fingerprint density at radius 1 is 1.33 bits per heavy atom. The first-order chi connectivity index (χ1) is 11.2. The van der Waals surface area contributed by atoms with Crippen LogP contribution in [0.3, 0.4) is 0 Å². The quantitative estimate of drug-likeness (QED) is 0.672. The molecule has 0 saturated heterocycles. The van der Waals surface area contributed by atoms with Crippen LogP contribution in [0.5, 0.6) is 0 Å². The van der Waals surface area contributed by atoms with Gasteiger partial charge in [0.15, 0.2) is 6.61 Å². The first-order valence-corrected chi connectivity index (χ1v) is 9.27. The van der Waals surface area contributed by atoms with Gasteiger partial charge < -0.3 is 10.1 Å². The summed E-state index contributed by atoms with van der Waals surface area (Å²) in [5.74, 6) is -1.30. The molecular weight excluding hydrogens is 356 g/mol. The summed E-state index contributed by atoms with van der Waals surface area (Å²) in [7, 11) is -2.47. The summed E-state index contributed by atoms with van der Waals surface area (Å²) in [5.41, 5.74) is -0.123. The summed E-state index contributed by atoms with van der Waals surface area (Å²) in [6.07, 6.45) is 1.74. The zero-order valence-electron chi connectivity index (χ0n) is 13.8. The van der Waals surface area contributed by atoms with E-state index in [0.29, 0.717) is 0 Å². The second-order valence-electron chi connectivity index (χ2n) is 5.18. The minimum Gasteiger partial charge on any atom is -0.452 e. The van der Waals surface area contributed by atoms with Crippen molar-refractivity contribution in [3.63, 3.8) is 0 Å². The number of carbonyl (C=O) groups is 2. The summed E-state index contributed by atoms with van der Waals surface area (Å²) in [5, 5.41) is 2.73. The number of benzene rings is 1. The number of hydrogen-bond donors (Lipinski definition) is 2. The Bertz CT molecular complexity index is 706. The summed E-state index contributed by atoms with van der Waals surface area (Å²) in [6.45, 7) is 3.38. The molecular formula is C15H21ClN2O5S. The number of amides is 1. The molecule has 0 aliphatic heterocycles. The smallest absolute Gasteiger partial charge is 0.340 e. The van der Waals surface area contributed by atoms with Crippen LogP contribution in [0.4, 0.5) is 0 Å². The van der Waals surface area contributed by atoms with Crippen molar-refractivity contribution in [1.29, 1.82) is 0 Å². The van der Waals surface area contributed by atoms with Crippen molar-refractivity contribution >= 4 is 33.5 Å². The van der Waals surface area contributed by atoms with Crippen molar-refractivity contribution in [3.05, 3.63) is 28.8 Å². The lowest BCUT2D eigenvalue weighted by molar-refractivity contribution is -0.124. The molecule has 0 aliphatic rings. The van der Waals surface area contributed by atoms with Crippen LogP contribution in [0.15, 0.2) is 23.1 Å². The molecule has 1 aromatic carbocycles. The van der Waals surface area contributed by atoms with E-state index in [-0.39, 0.29) is 21.5 Å². The first kappa shape index (κ1) is 20.4. The lowest BCUT2D eigenvalue weighted by Crippen LogP contribution is -2.35. The molecule has 0 aromatic heterocycles. The van der Waals surface area contributed by atoms with Crippen molar-refractivity contribution < 1.29 is 22.7 Å². The minimum absolute atomic E-state index is 0.0195. The lowest BCUT2D eigenvalue weighted by Gasteiger charge is -2.13. The fourth-order valence-electron chi connectivity index (χ4n) is 1.98. The standard InChI is InChI=1S/C15H21ClN2O5S/c1-4-5-10(2)18-14(19)9-23-15(20)12-8-11(6-7-13(12)16)24(21,22)17-3/h6-8,10,17H,4-5,9H2,1-3H3,(H,18,19)/t10-/m0/s1. The Kier molecular flexibility index (Phi) is 7.65. The SMILES string of the molecule is CCC[C@H](C)NC(=O)COC(=O)c1cc(S(=O)(=O)NC)ccc1Cl. The van der Waals surface area contributed by atoms with E-state index in [4.69, 9.17) is 16.3 Å². The zero-order valence-corrected chi connectivity index (χ0v) is 15.3. The van der Waals surface area contributed by atoms with Gasteiger partial charge in [0, 0.05) is 6.04 Å². The highest BCUT2D eigenvalue weighted by molar-refractivity contribution is 7.89. The number of halogens is 1. The minimum atomic E-state index is -3.72. The maximum atomic E-state index is 12.0. The van der Waals surface area contributed by atoms with Crippen molar-refractivity contribution in [1.82, 2.24) is 10.0 Å². The molecule has 24 heavy (non-hydrogen) atoms. The number of hydrogen-bond acceptors (Lipinski definition) is 5. The van der Waals surface area contributed by atoms with Crippen LogP contribution >= 0.6 is 11.6 Å². The third-order valence-electron chi connectivity index (χ3n) is 3.20. The van der Waals surface area contributed by atoms with E-state index in [1.807, 2.05) is 13.8 Å². The van der Waals surface area contributed by atoms with Gasteiger partial charge >= 0.3 is 5.97 Å². The molecule has 0 saturated carbocycles. The molecule has 1 rings (SSSR count). The number of ether oxygens (including phenoxy) is 1. The van der Waals surface area contributed by atoms with Crippen LogP contribution in [0.2, 0.25) is 5.02 Å². The Labute approximate surface area is 146 Å². The van der Waals surface area contributed by atoms with Crippen molar-refractivity contribution in [2.45, 2.75) is 37.6 Å². The number of esters is 1. The molecule has 134 valence electrons. The third-order valence-corrected chi connectivity index (χ3v) is 4.94. The Morgan fingerprint density at radius 3 is 2.58 bits per heavy atom. The molecule has 1 aromatic rings. The summed E-state index contributed by atoms with van der Waals surface area (Å²) < 4.78 is 30.6. The van der Waals surface area contributed by atoms with Crippen LogP contribution in [0, 0.1) is 0 Å². The number of rotatable bonds is 8. The molecule has 9 heteroatoms. The highest BCUT2D eigenvalue weighted by atomic mass is 35.5. The Balaban J connectivity index is 2.78. The molecule has 0 bridgehead atoms. The van der Waals surface area contributed by atoms with Gasteiger partial charge in [-0.1, -0.05) is 24.9 Å². The van der Waals surface area contributed by atoms with E-state index < -0.39 is 28.5 Å². The van der Waals surface area contributed by atoms with Gasteiger partial charge in [0.1, 0.15) is 0 Å². The largest absolute Gasteiger partial charge is 0.452 e. The van der Waals surface area contributed by atoms with Gasteiger partial charge in [-0.3, -0.25) is 4.79 Å². The van der Waals surface area contributed by atoms with Gasteiger partial charge in [-0.15, -0.1) is 0 Å². The highest BCUT2D eigenvalue weighted by Crippen LogP contribution is 2.21. The van der Waals surface area contributed by atoms with E-state index in [1.165, 1.54) is 19.2 Å². The Hall–Kier alpha value is -1.64. The molecule has 1 amide bonds. The van der Waals surface area contributed by atoms with E-state index in [0.717, 1.165) is 18.9 Å². The molecule has 7 nitrogen and oxygen atoms in total. The maximum Gasteiger partial charge on any atom is 0.340 e. The third kappa shape index (κ3) is 5.77. The predicted octanol–water partition coefficient (Wildman–Crippen LogP) is 1.71. The van der Waals surface area contributed by atoms with E-state index in [1.54, 1.807) is 0 Å². The zero-order chi connectivity index (χ0) is 18.3. The monoisotopic (exact) mass is 376 g/mol. The molecule has 1 atom stereocenters. The Morgan fingerprint density at radius 2 is 2.00 bits per heavy atom. The highest BCUT2D eigenvalue weighted by Gasteiger charge is 2.19. The van der Waals surface area contributed by atoms with Gasteiger partial charge in [0.25, 0.3) is 5.91 Å². The van der Waals surface area contributed by atoms with Gasteiger partial charge in [-0.2, -0.15) is 0 Å².